The fourth-order valence-electron chi connectivity index (χ4n) is 2.85. The lowest BCUT2D eigenvalue weighted by Crippen LogP contribution is -2.32. The lowest BCUT2D eigenvalue weighted by atomic mass is 10.3. The first-order valence-corrected chi connectivity index (χ1v) is 15.0. The molecule has 2 aromatic carbocycles. The van der Waals surface area contributed by atoms with E-state index in [4.69, 9.17) is 49.0 Å². The summed E-state index contributed by atoms with van der Waals surface area (Å²) >= 11 is 18.1. The maximum Gasteiger partial charge on any atom is 0.303 e. The predicted molar refractivity (Wildman–Crippen MR) is 135 cm³/mol. The zero-order chi connectivity index (χ0) is 26.2. The number of hydrogen-bond acceptors (Lipinski definition) is 8. The fraction of sp³-hybridized carbons (Fsp3) is 0.409. The van der Waals surface area contributed by atoms with Gasteiger partial charge in [0.2, 0.25) is 9.84 Å². The molecule has 0 saturated carbocycles. The van der Waals surface area contributed by atoms with Gasteiger partial charge in [0, 0.05) is 18.6 Å². The first-order chi connectivity index (χ1) is 16.4. The monoisotopic (exact) mass is 586 g/mol. The molecule has 1 unspecified atom stereocenters. The fourth-order valence-corrected chi connectivity index (χ4v) is 5.97. The quantitative estimate of drug-likeness (QED) is 0.190. The van der Waals surface area contributed by atoms with E-state index < -0.39 is 37.5 Å². The summed E-state index contributed by atoms with van der Waals surface area (Å²) in [7, 11) is -7.44. The minimum absolute atomic E-state index is 0.00249. The summed E-state index contributed by atoms with van der Waals surface area (Å²) in [5.41, 5.74) is 0. The van der Waals surface area contributed by atoms with Gasteiger partial charge in [-0.15, -0.1) is 11.6 Å². The van der Waals surface area contributed by atoms with E-state index in [1.807, 2.05) is 0 Å². The number of rotatable bonds is 13. The summed E-state index contributed by atoms with van der Waals surface area (Å²) in [5, 5.41) is -0.228. The molecule has 0 fully saturated rings. The van der Waals surface area contributed by atoms with Gasteiger partial charge >= 0.3 is 5.97 Å². The van der Waals surface area contributed by atoms with E-state index in [2.05, 4.69) is 0 Å². The van der Waals surface area contributed by atoms with E-state index >= 15 is 0 Å². The van der Waals surface area contributed by atoms with Crippen molar-refractivity contribution in [1.82, 2.24) is 0 Å². The van der Waals surface area contributed by atoms with Gasteiger partial charge < -0.3 is 14.2 Å². The van der Waals surface area contributed by atoms with Crippen LogP contribution in [0.5, 0.6) is 11.5 Å². The van der Waals surface area contributed by atoms with Gasteiger partial charge in [-0.1, -0.05) is 30.1 Å². The number of benzene rings is 2. The van der Waals surface area contributed by atoms with Crippen molar-refractivity contribution in [3.8, 4) is 11.5 Å². The number of hydrogen-bond donors (Lipinski definition) is 0. The highest BCUT2D eigenvalue weighted by molar-refractivity contribution is 7.91. The van der Waals surface area contributed by atoms with Gasteiger partial charge in [-0.05, 0) is 42.8 Å². The first-order valence-electron chi connectivity index (χ1n) is 10.4. The van der Waals surface area contributed by atoms with Crippen LogP contribution in [0.1, 0.15) is 20.3 Å². The standard InChI is InChI=1S/C22H25Cl3O8S2/c1-3-34(27,28)14-17(33-15(2)26)13-32-22-20(24)11-19(12-21(22)25)35(29,30)18-7-5-16(6-8-18)31-10-4-9-23/h5-8,11-12,17H,3-4,9-10,13-14H2,1-2H3. The Morgan fingerprint density at radius 1 is 0.971 bits per heavy atom. The molecule has 2 aromatic rings. The zero-order valence-corrected chi connectivity index (χ0v) is 22.9. The summed E-state index contributed by atoms with van der Waals surface area (Å²) < 4.78 is 66.0. The summed E-state index contributed by atoms with van der Waals surface area (Å²) in [6, 6.07) is 8.20. The maximum atomic E-state index is 13.1. The molecule has 0 N–H and O–H groups in total. The molecule has 194 valence electrons. The number of ether oxygens (including phenoxy) is 3. The van der Waals surface area contributed by atoms with Crippen LogP contribution in [0.25, 0.3) is 0 Å². The molecule has 0 saturated heterocycles. The molecule has 1 atom stereocenters. The van der Waals surface area contributed by atoms with Crippen LogP contribution in [0.4, 0.5) is 0 Å². The van der Waals surface area contributed by atoms with Gasteiger partial charge in [0.15, 0.2) is 15.6 Å². The van der Waals surface area contributed by atoms with Gasteiger partial charge in [0.25, 0.3) is 0 Å². The van der Waals surface area contributed by atoms with E-state index in [0.29, 0.717) is 24.7 Å². The summed E-state index contributed by atoms with van der Waals surface area (Å²) in [6.07, 6.45) is -0.443. The second-order valence-corrected chi connectivity index (χ2v) is 12.9. The van der Waals surface area contributed by atoms with Crippen molar-refractivity contribution in [2.75, 3.05) is 30.6 Å². The predicted octanol–water partition coefficient (Wildman–Crippen LogP) is 4.58. The van der Waals surface area contributed by atoms with Gasteiger partial charge in [0.05, 0.1) is 32.2 Å². The van der Waals surface area contributed by atoms with E-state index in [0.717, 1.165) is 6.92 Å². The Kier molecular flexibility index (Phi) is 11.0. The number of esters is 1. The summed E-state index contributed by atoms with van der Waals surface area (Å²) in [4.78, 5) is 11.2. The highest BCUT2D eigenvalue weighted by Gasteiger charge is 2.25. The average molecular weight is 588 g/mol. The van der Waals surface area contributed by atoms with Crippen LogP contribution in [-0.2, 0) is 29.2 Å². The second-order valence-electron chi connectivity index (χ2n) is 7.32. The smallest absolute Gasteiger partial charge is 0.303 e. The molecule has 0 radical (unpaired) electrons. The molecule has 0 heterocycles. The normalized spacial score (nSPS) is 12.7. The van der Waals surface area contributed by atoms with Crippen LogP contribution in [-0.4, -0.2) is 59.5 Å². The van der Waals surface area contributed by atoms with Crippen molar-refractivity contribution in [1.29, 1.82) is 0 Å². The lowest BCUT2D eigenvalue weighted by molar-refractivity contribution is -0.146. The molecule has 0 bridgehead atoms. The minimum Gasteiger partial charge on any atom is -0.494 e. The van der Waals surface area contributed by atoms with Crippen molar-refractivity contribution in [2.45, 2.75) is 36.2 Å². The third-order valence-corrected chi connectivity index (χ3v) is 8.93. The molecule has 0 aliphatic heterocycles. The molecule has 0 spiro atoms. The molecule has 0 aliphatic carbocycles. The van der Waals surface area contributed by atoms with Gasteiger partial charge in [-0.2, -0.15) is 0 Å². The molecule has 8 nitrogen and oxygen atoms in total. The number of sulfone groups is 2. The van der Waals surface area contributed by atoms with Crippen LogP contribution in [0.3, 0.4) is 0 Å². The van der Waals surface area contributed by atoms with Gasteiger partial charge in [-0.3, -0.25) is 4.79 Å². The van der Waals surface area contributed by atoms with Crippen molar-refractivity contribution in [3.63, 3.8) is 0 Å². The third kappa shape index (κ3) is 8.71. The molecular weight excluding hydrogens is 563 g/mol. The Bertz CT molecular complexity index is 1210. The largest absolute Gasteiger partial charge is 0.494 e. The number of halogens is 3. The van der Waals surface area contributed by atoms with E-state index in [9.17, 15) is 21.6 Å². The van der Waals surface area contributed by atoms with E-state index in [1.165, 1.54) is 43.3 Å². The van der Waals surface area contributed by atoms with Crippen LogP contribution in [0.15, 0.2) is 46.2 Å². The molecule has 0 aromatic heterocycles. The Hall–Kier alpha value is -1.72. The average Bonchev–Trinajstić information content (AvgIpc) is 2.78. The maximum absolute atomic E-state index is 13.1. The van der Waals surface area contributed by atoms with Crippen LogP contribution >= 0.6 is 34.8 Å². The highest BCUT2D eigenvalue weighted by atomic mass is 35.5. The lowest BCUT2D eigenvalue weighted by Gasteiger charge is -2.19. The van der Waals surface area contributed by atoms with E-state index in [-0.39, 0.29) is 37.9 Å². The van der Waals surface area contributed by atoms with Crippen molar-refractivity contribution < 1.29 is 35.8 Å². The van der Waals surface area contributed by atoms with E-state index in [1.54, 1.807) is 0 Å². The number of alkyl halides is 1. The number of carbonyl (C=O) groups excluding carboxylic acids is 1. The Morgan fingerprint density at radius 3 is 2.09 bits per heavy atom. The SMILES string of the molecule is CCS(=O)(=O)CC(COc1c(Cl)cc(S(=O)(=O)c2ccc(OCCCCl)cc2)cc1Cl)OC(C)=O. The van der Waals surface area contributed by atoms with Crippen molar-refractivity contribution >= 4 is 60.4 Å². The zero-order valence-electron chi connectivity index (χ0n) is 19.0. The van der Waals surface area contributed by atoms with Crippen LogP contribution in [0.2, 0.25) is 10.0 Å². The Labute approximate surface area is 220 Å². The highest BCUT2D eigenvalue weighted by Crippen LogP contribution is 2.37. The Morgan fingerprint density at radius 2 is 1.57 bits per heavy atom. The molecule has 13 heteroatoms. The molecule has 35 heavy (non-hydrogen) atoms. The molecule has 0 aliphatic rings. The van der Waals surface area contributed by atoms with Crippen molar-refractivity contribution in [2.24, 2.45) is 0 Å². The molecule has 2 rings (SSSR count). The Balaban J connectivity index is 2.22. The summed E-state index contributed by atoms with van der Waals surface area (Å²) in [6.45, 7) is 2.67. The number of carbonyl (C=O) groups is 1. The molecular formula is C22H25Cl3O8S2. The minimum atomic E-state index is -3.97. The van der Waals surface area contributed by atoms with Gasteiger partial charge in [-0.25, -0.2) is 16.8 Å². The van der Waals surface area contributed by atoms with Crippen molar-refractivity contribution in [3.05, 3.63) is 46.4 Å². The summed E-state index contributed by atoms with van der Waals surface area (Å²) in [5.74, 6) is -0.382. The molecule has 0 amide bonds. The topological polar surface area (TPSA) is 113 Å². The first kappa shape index (κ1) is 29.5. The van der Waals surface area contributed by atoms with Crippen LogP contribution < -0.4 is 9.47 Å². The third-order valence-electron chi connectivity index (χ3n) is 4.59. The second kappa shape index (κ2) is 13.0. The van der Waals surface area contributed by atoms with Gasteiger partial charge in [0.1, 0.15) is 18.5 Å². The van der Waals surface area contributed by atoms with Crippen LogP contribution in [0, 0.1) is 0 Å².